The number of piperidine rings is 1. The largest absolute Gasteiger partial charge is 0.377 e. The molecule has 94 valence electrons. The van der Waals surface area contributed by atoms with E-state index in [0.717, 1.165) is 32.4 Å². The third-order valence-corrected chi connectivity index (χ3v) is 5.52. The third kappa shape index (κ3) is 2.40. The maximum atomic E-state index is 11.7. The van der Waals surface area contributed by atoms with Gasteiger partial charge in [0.2, 0.25) is 10.0 Å². The molecule has 0 radical (unpaired) electrons. The molecule has 0 spiro atoms. The van der Waals surface area contributed by atoms with Gasteiger partial charge in [-0.15, -0.1) is 0 Å². The van der Waals surface area contributed by atoms with Gasteiger partial charge in [0.25, 0.3) is 0 Å². The van der Waals surface area contributed by atoms with Crippen molar-refractivity contribution < 1.29 is 13.2 Å². The molecule has 0 aliphatic carbocycles. The van der Waals surface area contributed by atoms with Gasteiger partial charge in [0.15, 0.2) is 0 Å². The summed E-state index contributed by atoms with van der Waals surface area (Å²) in [6, 6.07) is 0. The molecule has 6 heteroatoms. The molecule has 2 saturated heterocycles. The van der Waals surface area contributed by atoms with Crippen LogP contribution in [0.25, 0.3) is 0 Å². The fourth-order valence-electron chi connectivity index (χ4n) is 2.50. The zero-order chi connectivity index (χ0) is 11.6. The molecule has 2 fully saturated rings. The first kappa shape index (κ1) is 12.3. The minimum atomic E-state index is -3.00. The molecule has 0 unspecified atom stereocenters. The van der Waals surface area contributed by atoms with Crippen molar-refractivity contribution >= 4 is 10.0 Å². The summed E-state index contributed by atoms with van der Waals surface area (Å²) in [5, 5.41) is 3.27. The lowest BCUT2D eigenvalue weighted by molar-refractivity contribution is -0.0439. The van der Waals surface area contributed by atoms with Gasteiger partial charge < -0.3 is 10.1 Å². The summed E-state index contributed by atoms with van der Waals surface area (Å²) in [5.41, 5.74) is -0.275. The van der Waals surface area contributed by atoms with Crippen molar-refractivity contribution in [2.45, 2.75) is 24.9 Å². The highest BCUT2D eigenvalue weighted by Crippen LogP contribution is 2.26. The highest BCUT2D eigenvalue weighted by atomic mass is 32.2. The van der Waals surface area contributed by atoms with Gasteiger partial charge in [-0.3, -0.25) is 0 Å². The molecule has 0 saturated carbocycles. The predicted octanol–water partition coefficient (Wildman–Crippen LogP) is -0.209. The second-order valence-corrected chi connectivity index (χ2v) is 6.73. The van der Waals surface area contributed by atoms with Crippen LogP contribution in [-0.2, 0) is 14.8 Å². The standard InChI is InChI=1S/C10H20N2O3S/c1-15-10(3-5-11-6-4-10)9-12-7-2-8-16(12,13)14/h11H,2-9H2,1H3. The monoisotopic (exact) mass is 248 g/mol. The number of nitrogens with zero attached hydrogens (tertiary/aromatic N) is 1. The lowest BCUT2D eigenvalue weighted by atomic mass is 9.92. The van der Waals surface area contributed by atoms with Crippen molar-refractivity contribution in [3.63, 3.8) is 0 Å². The van der Waals surface area contributed by atoms with E-state index in [9.17, 15) is 8.42 Å². The lowest BCUT2D eigenvalue weighted by Crippen LogP contribution is -2.51. The molecule has 0 atom stereocenters. The Labute approximate surface area is 97.2 Å². The van der Waals surface area contributed by atoms with E-state index in [0.29, 0.717) is 18.8 Å². The van der Waals surface area contributed by atoms with Gasteiger partial charge in [0.05, 0.1) is 11.4 Å². The summed E-state index contributed by atoms with van der Waals surface area (Å²) in [6.07, 6.45) is 2.52. The van der Waals surface area contributed by atoms with E-state index in [-0.39, 0.29) is 5.60 Å². The normalized spacial score (nSPS) is 29.3. The van der Waals surface area contributed by atoms with Gasteiger partial charge in [0.1, 0.15) is 0 Å². The molecular weight excluding hydrogens is 228 g/mol. The first-order valence-corrected chi connectivity index (χ1v) is 7.43. The summed E-state index contributed by atoms with van der Waals surface area (Å²) >= 11 is 0. The Morgan fingerprint density at radius 1 is 1.38 bits per heavy atom. The van der Waals surface area contributed by atoms with Crippen molar-refractivity contribution in [1.82, 2.24) is 9.62 Å². The molecular formula is C10H20N2O3S. The van der Waals surface area contributed by atoms with Crippen LogP contribution in [0.3, 0.4) is 0 Å². The fourth-order valence-corrected chi connectivity index (χ4v) is 4.09. The van der Waals surface area contributed by atoms with Crippen molar-refractivity contribution in [3.05, 3.63) is 0 Å². The van der Waals surface area contributed by atoms with Crippen LogP contribution in [-0.4, -0.2) is 57.4 Å². The lowest BCUT2D eigenvalue weighted by Gasteiger charge is -2.38. The highest BCUT2D eigenvalue weighted by molar-refractivity contribution is 7.89. The molecule has 0 aromatic rings. The summed E-state index contributed by atoms with van der Waals surface area (Å²) in [5.74, 6) is 0.297. The van der Waals surface area contributed by atoms with E-state index in [2.05, 4.69) is 5.32 Å². The number of nitrogens with one attached hydrogen (secondary N) is 1. The summed E-state index contributed by atoms with van der Waals surface area (Å²) in [4.78, 5) is 0. The quantitative estimate of drug-likeness (QED) is 0.751. The van der Waals surface area contributed by atoms with Crippen LogP contribution in [0.4, 0.5) is 0 Å². The first-order valence-electron chi connectivity index (χ1n) is 5.82. The van der Waals surface area contributed by atoms with Crippen molar-refractivity contribution in [1.29, 1.82) is 0 Å². The molecule has 16 heavy (non-hydrogen) atoms. The summed E-state index contributed by atoms with van der Waals surface area (Å²) < 4.78 is 30.7. The van der Waals surface area contributed by atoms with Gasteiger partial charge in [-0.25, -0.2) is 8.42 Å². The van der Waals surface area contributed by atoms with Crippen molar-refractivity contribution in [2.75, 3.05) is 39.0 Å². The predicted molar refractivity (Wildman–Crippen MR) is 61.8 cm³/mol. The van der Waals surface area contributed by atoms with Gasteiger partial charge in [-0.1, -0.05) is 0 Å². The number of hydrogen-bond acceptors (Lipinski definition) is 4. The third-order valence-electron chi connectivity index (χ3n) is 3.62. The maximum absolute atomic E-state index is 11.7. The SMILES string of the molecule is COC1(CN2CCCS2(=O)=O)CCNCC1. The van der Waals surface area contributed by atoms with E-state index in [1.165, 1.54) is 0 Å². The van der Waals surface area contributed by atoms with Crippen LogP contribution in [0.1, 0.15) is 19.3 Å². The van der Waals surface area contributed by atoms with E-state index >= 15 is 0 Å². The van der Waals surface area contributed by atoms with Crippen LogP contribution in [0, 0.1) is 0 Å². The number of ether oxygens (including phenoxy) is 1. The molecule has 0 bridgehead atoms. The van der Waals surface area contributed by atoms with E-state index in [4.69, 9.17) is 4.74 Å². The van der Waals surface area contributed by atoms with Gasteiger partial charge in [-0.05, 0) is 32.4 Å². The summed E-state index contributed by atoms with van der Waals surface area (Å²) in [6.45, 7) is 2.98. The van der Waals surface area contributed by atoms with E-state index in [1.54, 1.807) is 11.4 Å². The van der Waals surface area contributed by atoms with Gasteiger partial charge in [-0.2, -0.15) is 4.31 Å². The molecule has 2 aliphatic rings. The summed E-state index contributed by atoms with van der Waals surface area (Å²) in [7, 11) is -1.31. The van der Waals surface area contributed by atoms with E-state index < -0.39 is 10.0 Å². The van der Waals surface area contributed by atoms with E-state index in [1.807, 2.05) is 0 Å². The van der Waals surface area contributed by atoms with Crippen LogP contribution in [0.5, 0.6) is 0 Å². The molecule has 5 nitrogen and oxygen atoms in total. The second-order valence-electron chi connectivity index (χ2n) is 4.64. The minimum absolute atomic E-state index is 0.275. The molecule has 0 amide bonds. The Hall–Kier alpha value is -0.170. The smallest absolute Gasteiger partial charge is 0.214 e. The molecule has 2 rings (SSSR count). The Balaban J connectivity index is 2.06. The maximum Gasteiger partial charge on any atom is 0.214 e. The number of hydrogen-bond donors (Lipinski definition) is 1. The zero-order valence-electron chi connectivity index (χ0n) is 9.74. The Bertz CT molecular complexity index is 336. The van der Waals surface area contributed by atoms with Crippen LogP contribution in [0.15, 0.2) is 0 Å². The molecule has 2 aliphatic heterocycles. The average molecular weight is 248 g/mol. The minimum Gasteiger partial charge on any atom is -0.377 e. The first-order chi connectivity index (χ1) is 7.58. The van der Waals surface area contributed by atoms with Crippen molar-refractivity contribution in [2.24, 2.45) is 0 Å². The second kappa shape index (κ2) is 4.60. The van der Waals surface area contributed by atoms with Crippen molar-refractivity contribution in [3.8, 4) is 0 Å². The van der Waals surface area contributed by atoms with Crippen LogP contribution >= 0.6 is 0 Å². The molecule has 1 N–H and O–H groups in total. The Morgan fingerprint density at radius 3 is 2.56 bits per heavy atom. The average Bonchev–Trinajstić information content (AvgIpc) is 2.60. The van der Waals surface area contributed by atoms with Crippen LogP contribution in [0.2, 0.25) is 0 Å². The highest BCUT2D eigenvalue weighted by Gasteiger charge is 2.39. The zero-order valence-corrected chi connectivity index (χ0v) is 10.6. The Morgan fingerprint density at radius 2 is 2.06 bits per heavy atom. The number of sulfonamides is 1. The topological polar surface area (TPSA) is 58.6 Å². The number of rotatable bonds is 3. The fraction of sp³-hybridized carbons (Fsp3) is 1.00. The molecule has 0 aromatic carbocycles. The molecule has 0 aromatic heterocycles. The van der Waals surface area contributed by atoms with Gasteiger partial charge >= 0.3 is 0 Å². The van der Waals surface area contributed by atoms with Crippen LogP contribution < -0.4 is 5.32 Å². The Kier molecular flexibility index (Phi) is 3.53. The molecule has 2 heterocycles. The van der Waals surface area contributed by atoms with Gasteiger partial charge in [0, 0.05) is 20.2 Å². The number of methoxy groups -OCH3 is 1.